The molecular weight excluding hydrogens is 269 g/mol. The third kappa shape index (κ3) is 2.27. The van der Waals surface area contributed by atoms with Crippen LogP contribution in [0.25, 0.3) is 0 Å². The molecule has 2 nitrogen and oxygen atoms in total. The summed E-state index contributed by atoms with van der Waals surface area (Å²) in [5.74, 6) is -9.79. The number of piperidine rings is 1. The van der Waals surface area contributed by atoms with E-state index in [1.807, 2.05) is 0 Å². The topological polar surface area (TPSA) is 23.5 Å². The van der Waals surface area contributed by atoms with Gasteiger partial charge in [0.05, 0.1) is 12.6 Å². The number of aliphatic hydroxyl groups is 1. The number of nitrogens with zero attached hydrogens (tertiary/aromatic N) is 1. The fraction of sp³-hybridized carbons (Fsp3) is 0.500. The van der Waals surface area contributed by atoms with E-state index in [1.165, 1.54) is 0 Å². The van der Waals surface area contributed by atoms with E-state index >= 15 is 0 Å². The maximum Gasteiger partial charge on any atom is 0.200 e. The van der Waals surface area contributed by atoms with Crippen LogP contribution in [0.15, 0.2) is 0 Å². The maximum atomic E-state index is 13.7. The van der Waals surface area contributed by atoms with Crippen LogP contribution >= 0.6 is 0 Å². The van der Waals surface area contributed by atoms with Gasteiger partial charge >= 0.3 is 0 Å². The number of hydrogen-bond donors (Lipinski definition) is 1. The monoisotopic (exact) mass is 281 g/mol. The Kier molecular flexibility index (Phi) is 3.93. The molecular formula is C12H12F5NO. The zero-order valence-electron chi connectivity index (χ0n) is 9.90. The van der Waals surface area contributed by atoms with Gasteiger partial charge in [0.15, 0.2) is 23.3 Å². The van der Waals surface area contributed by atoms with Gasteiger partial charge in [-0.05, 0) is 19.3 Å². The molecule has 106 valence electrons. The summed E-state index contributed by atoms with van der Waals surface area (Å²) in [4.78, 5) is 1.06. The summed E-state index contributed by atoms with van der Waals surface area (Å²) >= 11 is 0. The van der Waals surface area contributed by atoms with Crippen molar-refractivity contribution >= 4 is 5.69 Å². The minimum absolute atomic E-state index is 0.142. The summed E-state index contributed by atoms with van der Waals surface area (Å²) < 4.78 is 66.5. The van der Waals surface area contributed by atoms with Crippen LogP contribution in [0.5, 0.6) is 0 Å². The molecule has 0 saturated carbocycles. The fourth-order valence-electron chi connectivity index (χ4n) is 2.33. The van der Waals surface area contributed by atoms with Crippen LogP contribution in [-0.2, 0) is 0 Å². The van der Waals surface area contributed by atoms with Crippen LogP contribution in [0.3, 0.4) is 0 Å². The molecule has 0 spiro atoms. The van der Waals surface area contributed by atoms with Gasteiger partial charge in [0.2, 0.25) is 5.82 Å². The molecule has 0 amide bonds. The molecule has 0 radical (unpaired) electrons. The van der Waals surface area contributed by atoms with Crippen molar-refractivity contribution in [3.05, 3.63) is 29.1 Å². The molecule has 7 heteroatoms. The van der Waals surface area contributed by atoms with Crippen molar-refractivity contribution in [3.8, 4) is 0 Å². The first-order chi connectivity index (χ1) is 8.99. The SMILES string of the molecule is OCC1CCCCN1c1c(F)c(F)c(F)c(F)c1F. The largest absolute Gasteiger partial charge is 0.394 e. The molecule has 1 unspecified atom stereocenters. The summed E-state index contributed by atoms with van der Waals surface area (Å²) in [7, 11) is 0. The van der Waals surface area contributed by atoms with Gasteiger partial charge in [-0.15, -0.1) is 0 Å². The number of hydrogen-bond acceptors (Lipinski definition) is 2. The molecule has 0 bridgehead atoms. The van der Waals surface area contributed by atoms with Gasteiger partial charge in [-0.3, -0.25) is 0 Å². The first-order valence-electron chi connectivity index (χ1n) is 5.88. The van der Waals surface area contributed by atoms with E-state index in [0.717, 1.165) is 11.3 Å². The van der Waals surface area contributed by atoms with Crippen molar-refractivity contribution in [1.82, 2.24) is 0 Å². The molecule has 1 aromatic rings. The Morgan fingerprint density at radius 1 is 0.895 bits per heavy atom. The van der Waals surface area contributed by atoms with Gasteiger partial charge in [-0.1, -0.05) is 0 Å². The Morgan fingerprint density at radius 2 is 1.42 bits per heavy atom. The fourth-order valence-corrected chi connectivity index (χ4v) is 2.33. The average Bonchev–Trinajstić information content (AvgIpc) is 2.44. The molecule has 1 aliphatic rings. The van der Waals surface area contributed by atoms with Crippen molar-refractivity contribution in [2.45, 2.75) is 25.3 Å². The Morgan fingerprint density at radius 3 is 1.95 bits per heavy atom. The van der Waals surface area contributed by atoms with Crippen molar-refractivity contribution in [1.29, 1.82) is 0 Å². The summed E-state index contributed by atoms with van der Waals surface area (Å²) in [5, 5.41) is 9.15. The van der Waals surface area contributed by atoms with Crippen molar-refractivity contribution in [2.75, 3.05) is 18.1 Å². The Hall–Kier alpha value is -1.37. The lowest BCUT2D eigenvalue weighted by Gasteiger charge is -2.36. The third-order valence-electron chi connectivity index (χ3n) is 3.31. The predicted molar refractivity (Wildman–Crippen MR) is 58.3 cm³/mol. The first kappa shape index (κ1) is 14.0. The van der Waals surface area contributed by atoms with Gasteiger partial charge in [0.1, 0.15) is 5.69 Å². The predicted octanol–water partition coefficient (Wildman–Crippen LogP) is 2.73. The molecule has 1 heterocycles. The zero-order valence-corrected chi connectivity index (χ0v) is 9.90. The summed E-state index contributed by atoms with van der Waals surface area (Å²) in [6, 6.07) is -0.637. The smallest absolute Gasteiger partial charge is 0.200 e. The molecule has 1 aliphatic heterocycles. The summed E-state index contributed by atoms with van der Waals surface area (Å²) in [6.45, 7) is -0.261. The van der Waals surface area contributed by atoms with Crippen LogP contribution in [0, 0.1) is 29.1 Å². The van der Waals surface area contributed by atoms with E-state index in [-0.39, 0.29) is 6.54 Å². The van der Waals surface area contributed by atoms with Crippen LogP contribution in [0.4, 0.5) is 27.6 Å². The summed E-state index contributed by atoms with van der Waals surface area (Å²) in [6.07, 6.45) is 1.74. The summed E-state index contributed by atoms with van der Waals surface area (Å²) in [5.41, 5.74) is -0.949. The highest BCUT2D eigenvalue weighted by Crippen LogP contribution is 2.33. The lowest BCUT2D eigenvalue weighted by atomic mass is 10.0. The van der Waals surface area contributed by atoms with Crippen molar-refractivity contribution in [2.24, 2.45) is 0 Å². The Balaban J connectivity index is 2.55. The van der Waals surface area contributed by atoms with Crippen molar-refractivity contribution < 1.29 is 27.1 Å². The minimum atomic E-state index is -2.17. The highest BCUT2D eigenvalue weighted by Gasteiger charge is 2.33. The van der Waals surface area contributed by atoms with Gasteiger partial charge in [-0.2, -0.15) is 0 Å². The van der Waals surface area contributed by atoms with Crippen LogP contribution in [0.1, 0.15) is 19.3 Å². The zero-order chi connectivity index (χ0) is 14.2. The normalized spacial score (nSPS) is 19.9. The Labute approximate surface area is 106 Å². The highest BCUT2D eigenvalue weighted by molar-refractivity contribution is 5.51. The molecule has 1 saturated heterocycles. The average molecular weight is 281 g/mol. The quantitative estimate of drug-likeness (QED) is 0.512. The highest BCUT2D eigenvalue weighted by atomic mass is 19.2. The second-order valence-electron chi connectivity index (χ2n) is 4.44. The van der Waals surface area contributed by atoms with Gasteiger partial charge < -0.3 is 10.0 Å². The Bertz CT molecular complexity index is 464. The third-order valence-corrected chi connectivity index (χ3v) is 3.31. The van der Waals surface area contributed by atoms with Crippen molar-refractivity contribution in [3.63, 3.8) is 0 Å². The number of halogens is 5. The second kappa shape index (κ2) is 5.32. The number of rotatable bonds is 2. The second-order valence-corrected chi connectivity index (χ2v) is 4.44. The number of anilines is 1. The molecule has 0 aliphatic carbocycles. The van der Waals surface area contributed by atoms with Crippen LogP contribution in [0.2, 0.25) is 0 Å². The molecule has 1 aromatic carbocycles. The maximum absolute atomic E-state index is 13.7. The molecule has 1 atom stereocenters. The molecule has 1 N–H and O–H groups in total. The molecule has 0 aromatic heterocycles. The van der Waals surface area contributed by atoms with E-state index in [1.54, 1.807) is 0 Å². The molecule has 19 heavy (non-hydrogen) atoms. The molecule has 2 rings (SSSR count). The van der Waals surface area contributed by atoms with E-state index in [4.69, 9.17) is 5.11 Å². The van der Waals surface area contributed by atoms with E-state index in [9.17, 15) is 22.0 Å². The van der Waals surface area contributed by atoms with Gasteiger partial charge in [-0.25, -0.2) is 22.0 Å². The first-order valence-corrected chi connectivity index (χ1v) is 5.88. The lowest BCUT2D eigenvalue weighted by Crippen LogP contribution is -2.43. The number of benzene rings is 1. The van der Waals surface area contributed by atoms with Crippen LogP contribution in [-0.4, -0.2) is 24.3 Å². The molecule has 1 fully saturated rings. The van der Waals surface area contributed by atoms with Gasteiger partial charge in [0.25, 0.3) is 0 Å². The number of aliphatic hydroxyl groups excluding tert-OH is 1. The standard InChI is InChI=1S/C12H12F5NO/c13-7-8(14)10(16)12(11(17)9(7)15)18-4-2-1-3-6(18)5-19/h6,19H,1-5H2. The van der Waals surface area contributed by atoms with E-state index < -0.39 is 47.4 Å². The lowest BCUT2D eigenvalue weighted by molar-refractivity contribution is 0.237. The van der Waals surface area contributed by atoms with Gasteiger partial charge in [0, 0.05) is 6.54 Å². The van der Waals surface area contributed by atoms with Crippen LogP contribution < -0.4 is 4.90 Å². The van der Waals surface area contributed by atoms with E-state index in [2.05, 4.69) is 0 Å². The minimum Gasteiger partial charge on any atom is -0.394 e. The van der Waals surface area contributed by atoms with E-state index in [0.29, 0.717) is 12.8 Å².